The predicted molar refractivity (Wildman–Crippen MR) is 119 cm³/mol. The molecular weight excluding hydrogens is 390 g/mol. The second kappa shape index (κ2) is 10.1. The Morgan fingerprint density at radius 3 is 2.52 bits per heavy atom. The smallest absolute Gasteiger partial charge is 0.223 e. The van der Waals surface area contributed by atoms with Crippen molar-refractivity contribution in [1.82, 2.24) is 14.8 Å². The van der Waals surface area contributed by atoms with Crippen LogP contribution in [0, 0.1) is 11.3 Å². The van der Waals surface area contributed by atoms with Crippen LogP contribution < -0.4 is 0 Å². The molecule has 6 nitrogen and oxygen atoms in total. The molecule has 1 atom stereocenters. The maximum atomic E-state index is 13.4. The average Bonchev–Trinajstić information content (AvgIpc) is 3.13. The molecule has 0 aromatic carbocycles. The van der Waals surface area contributed by atoms with Crippen molar-refractivity contribution in [2.45, 2.75) is 77.4 Å². The summed E-state index contributed by atoms with van der Waals surface area (Å²) in [5.74, 6) is 0.834. The van der Waals surface area contributed by atoms with E-state index in [-0.39, 0.29) is 11.9 Å². The van der Waals surface area contributed by atoms with Gasteiger partial charge in [0.05, 0.1) is 19.3 Å². The van der Waals surface area contributed by atoms with E-state index in [2.05, 4.69) is 9.88 Å². The quantitative estimate of drug-likeness (QED) is 0.693. The molecule has 1 aliphatic carbocycles. The molecule has 0 radical (unpaired) electrons. The predicted octanol–water partition coefficient (Wildman–Crippen LogP) is 3.80. The summed E-state index contributed by atoms with van der Waals surface area (Å²) in [4.78, 5) is 33.1. The van der Waals surface area contributed by atoms with Gasteiger partial charge in [0.25, 0.3) is 0 Å². The number of rotatable bonds is 6. The van der Waals surface area contributed by atoms with E-state index in [9.17, 15) is 9.59 Å². The average molecular weight is 428 g/mol. The Morgan fingerprint density at radius 1 is 1.13 bits per heavy atom. The number of carbonyl (C=O) groups is 2. The van der Waals surface area contributed by atoms with Crippen LogP contribution >= 0.6 is 0 Å². The van der Waals surface area contributed by atoms with Gasteiger partial charge in [-0.3, -0.25) is 14.6 Å². The molecule has 0 N–H and O–H groups in total. The Balaban J connectivity index is 1.35. The van der Waals surface area contributed by atoms with Crippen molar-refractivity contribution < 1.29 is 14.3 Å². The van der Waals surface area contributed by atoms with Crippen LogP contribution in [-0.4, -0.2) is 58.9 Å². The van der Waals surface area contributed by atoms with Crippen LogP contribution in [0.3, 0.4) is 0 Å². The number of hydrogen-bond donors (Lipinski definition) is 0. The van der Waals surface area contributed by atoms with Gasteiger partial charge in [-0.2, -0.15) is 0 Å². The van der Waals surface area contributed by atoms with Crippen LogP contribution in [0.4, 0.5) is 0 Å². The molecule has 1 saturated carbocycles. The molecule has 1 aromatic rings. The number of likely N-dealkylation sites (tertiary alicyclic amines) is 2. The lowest BCUT2D eigenvalue weighted by molar-refractivity contribution is -0.135. The van der Waals surface area contributed by atoms with E-state index in [0.717, 1.165) is 44.5 Å². The lowest BCUT2D eigenvalue weighted by Crippen LogP contribution is -2.42. The van der Waals surface area contributed by atoms with E-state index in [1.54, 1.807) is 19.3 Å². The molecule has 1 unspecified atom stereocenters. The zero-order chi connectivity index (χ0) is 21.7. The Morgan fingerprint density at radius 2 is 1.84 bits per heavy atom. The molecule has 6 heteroatoms. The summed E-state index contributed by atoms with van der Waals surface area (Å²) in [6.45, 7) is 5.29. The van der Waals surface area contributed by atoms with E-state index >= 15 is 0 Å². The maximum absolute atomic E-state index is 13.4. The van der Waals surface area contributed by atoms with Crippen molar-refractivity contribution >= 4 is 11.8 Å². The van der Waals surface area contributed by atoms with Crippen LogP contribution in [0.1, 0.15) is 70.3 Å². The molecule has 4 rings (SSSR count). The molecule has 170 valence electrons. The number of carbonyl (C=O) groups excluding carboxylic acids is 2. The highest BCUT2D eigenvalue weighted by Gasteiger charge is 2.46. The summed E-state index contributed by atoms with van der Waals surface area (Å²) < 4.78 is 6.08. The molecule has 3 heterocycles. The number of aromatic nitrogens is 1. The topological polar surface area (TPSA) is 62.7 Å². The van der Waals surface area contributed by atoms with Crippen LogP contribution in [-0.2, 0) is 20.9 Å². The molecule has 0 bridgehead atoms. The van der Waals surface area contributed by atoms with Crippen molar-refractivity contribution in [3.05, 3.63) is 30.1 Å². The van der Waals surface area contributed by atoms with E-state index in [1.165, 1.54) is 32.1 Å². The second-order valence-corrected chi connectivity index (χ2v) is 9.96. The van der Waals surface area contributed by atoms with Crippen molar-refractivity contribution in [2.24, 2.45) is 11.3 Å². The molecule has 2 aliphatic heterocycles. The van der Waals surface area contributed by atoms with Crippen LogP contribution in [0.15, 0.2) is 24.5 Å². The van der Waals surface area contributed by atoms with Crippen LogP contribution in [0.5, 0.6) is 0 Å². The number of amides is 2. The van der Waals surface area contributed by atoms with Gasteiger partial charge in [0.15, 0.2) is 0 Å². The standard InChI is InChI=1S/C25H37N3O3/c1-20(29)27-13-7-21(8-14-27)15-24(30)28-19-25(9-3-2-4-10-25)16-23(28)18-31-17-22-5-11-26-12-6-22/h5-6,11-12,21,23H,2-4,7-10,13-19H2,1H3. The Kier molecular flexibility index (Phi) is 7.26. The first kappa shape index (κ1) is 22.3. The third kappa shape index (κ3) is 5.65. The number of pyridine rings is 1. The summed E-state index contributed by atoms with van der Waals surface area (Å²) in [6, 6.07) is 4.14. The fraction of sp³-hybridized carbons (Fsp3) is 0.720. The van der Waals surface area contributed by atoms with Crippen molar-refractivity contribution in [2.75, 3.05) is 26.2 Å². The van der Waals surface area contributed by atoms with Crippen molar-refractivity contribution in [1.29, 1.82) is 0 Å². The van der Waals surface area contributed by atoms with Gasteiger partial charge < -0.3 is 14.5 Å². The van der Waals surface area contributed by atoms with Gasteiger partial charge in [0, 0.05) is 45.4 Å². The second-order valence-electron chi connectivity index (χ2n) is 9.96. The van der Waals surface area contributed by atoms with E-state index in [4.69, 9.17) is 4.74 Å². The lowest BCUT2D eigenvalue weighted by atomic mass is 9.73. The molecule has 2 amide bonds. The number of ether oxygens (including phenoxy) is 1. The van der Waals surface area contributed by atoms with Gasteiger partial charge in [-0.15, -0.1) is 0 Å². The fourth-order valence-electron chi connectivity index (χ4n) is 5.88. The number of piperidine rings is 1. The summed E-state index contributed by atoms with van der Waals surface area (Å²) in [6.07, 6.45) is 13.5. The lowest BCUT2D eigenvalue weighted by Gasteiger charge is -2.34. The van der Waals surface area contributed by atoms with Gasteiger partial charge in [-0.05, 0) is 61.1 Å². The zero-order valence-electron chi connectivity index (χ0n) is 18.9. The molecule has 31 heavy (non-hydrogen) atoms. The van der Waals surface area contributed by atoms with Crippen molar-refractivity contribution in [3.8, 4) is 0 Å². The Bertz CT molecular complexity index is 740. The third-order valence-electron chi connectivity index (χ3n) is 7.70. The van der Waals surface area contributed by atoms with E-state index < -0.39 is 0 Å². The minimum Gasteiger partial charge on any atom is -0.375 e. The van der Waals surface area contributed by atoms with Gasteiger partial charge in [-0.1, -0.05) is 19.3 Å². The molecule has 2 saturated heterocycles. The SMILES string of the molecule is CC(=O)N1CCC(CC(=O)N2CC3(CCCCC3)CC2COCc2ccncc2)CC1. The maximum Gasteiger partial charge on any atom is 0.223 e. The molecule has 1 aromatic heterocycles. The van der Waals surface area contributed by atoms with Gasteiger partial charge in [0.1, 0.15) is 0 Å². The van der Waals surface area contributed by atoms with Gasteiger partial charge in [0.2, 0.25) is 11.8 Å². The summed E-state index contributed by atoms with van der Waals surface area (Å²) in [7, 11) is 0. The van der Waals surface area contributed by atoms with Crippen LogP contribution in [0.25, 0.3) is 0 Å². The Hall–Kier alpha value is -1.95. The van der Waals surface area contributed by atoms with Gasteiger partial charge >= 0.3 is 0 Å². The Labute approximate surface area is 186 Å². The van der Waals surface area contributed by atoms with Gasteiger partial charge in [-0.25, -0.2) is 0 Å². The molecule has 3 aliphatic rings. The third-order valence-corrected chi connectivity index (χ3v) is 7.70. The monoisotopic (exact) mass is 427 g/mol. The first-order chi connectivity index (χ1) is 15.0. The highest BCUT2D eigenvalue weighted by molar-refractivity contribution is 5.77. The van der Waals surface area contributed by atoms with E-state index in [1.807, 2.05) is 17.0 Å². The van der Waals surface area contributed by atoms with E-state index in [0.29, 0.717) is 36.9 Å². The summed E-state index contributed by atoms with van der Waals surface area (Å²) in [5, 5.41) is 0. The first-order valence-electron chi connectivity index (χ1n) is 12.1. The molecule has 1 spiro atoms. The fourth-order valence-corrected chi connectivity index (χ4v) is 5.88. The largest absolute Gasteiger partial charge is 0.375 e. The minimum atomic E-state index is 0.148. The van der Waals surface area contributed by atoms with Crippen LogP contribution in [0.2, 0.25) is 0 Å². The number of hydrogen-bond acceptors (Lipinski definition) is 4. The normalized spacial score (nSPS) is 24.0. The highest BCUT2D eigenvalue weighted by Crippen LogP contribution is 2.46. The first-order valence-corrected chi connectivity index (χ1v) is 12.1. The summed E-state index contributed by atoms with van der Waals surface area (Å²) >= 11 is 0. The zero-order valence-corrected chi connectivity index (χ0v) is 18.9. The highest BCUT2D eigenvalue weighted by atomic mass is 16.5. The minimum absolute atomic E-state index is 0.148. The molecular formula is C25H37N3O3. The number of nitrogens with zero attached hydrogens (tertiary/aromatic N) is 3. The molecule has 3 fully saturated rings. The summed E-state index contributed by atoms with van der Waals surface area (Å²) in [5.41, 5.74) is 1.42. The van der Waals surface area contributed by atoms with Crippen molar-refractivity contribution in [3.63, 3.8) is 0 Å².